The zero-order valence-corrected chi connectivity index (χ0v) is 13.3. The highest BCUT2D eigenvalue weighted by molar-refractivity contribution is 7.80. The zero-order chi connectivity index (χ0) is 15.7. The Labute approximate surface area is 135 Å². The molecule has 2 N–H and O–H groups in total. The third-order valence-electron chi connectivity index (χ3n) is 4.44. The third-order valence-corrected chi connectivity index (χ3v) is 4.64. The molecule has 2 aliphatic rings. The Bertz CT molecular complexity index is 597. The lowest BCUT2D eigenvalue weighted by molar-refractivity contribution is 0.0610. The highest BCUT2D eigenvalue weighted by Gasteiger charge is 2.36. The zero-order valence-electron chi connectivity index (χ0n) is 12.5. The predicted octanol–water partition coefficient (Wildman–Crippen LogP) is 2.24. The van der Waals surface area contributed by atoms with Gasteiger partial charge in [-0.1, -0.05) is 31.9 Å². The molecule has 1 heterocycles. The van der Waals surface area contributed by atoms with Crippen molar-refractivity contribution in [3.05, 3.63) is 35.4 Å². The molecule has 0 saturated heterocycles. The van der Waals surface area contributed by atoms with Crippen LogP contribution in [0, 0.1) is 5.92 Å². The highest BCUT2D eigenvalue weighted by atomic mass is 32.1. The van der Waals surface area contributed by atoms with E-state index < -0.39 is 0 Å². The van der Waals surface area contributed by atoms with Crippen LogP contribution in [0.2, 0.25) is 0 Å². The van der Waals surface area contributed by atoms with Crippen molar-refractivity contribution >= 4 is 29.1 Å². The van der Waals surface area contributed by atoms with Gasteiger partial charge >= 0.3 is 0 Å². The van der Waals surface area contributed by atoms with Crippen LogP contribution in [0.15, 0.2) is 24.3 Å². The molecule has 22 heavy (non-hydrogen) atoms. The van der Waals surface area contributed by atoms with E-state index >= 15 is 0 Å². The molecule has 2 atom stereocenters. The summed E-state index contributed by atoms with van der Waals surface area (Å²) in [6.07, 6.45) is 4.66. The molecule has 0 unspecified atom stereocenters. The lowest BCUT2D eigenvalue weighted by Crippen LogP contribution is -2.53. The number of carbonyl (C=O) groups is 2. The summed E-state index contributed by atoms with van der Waals surface area (Å²) >= 11 is 5.27. The van der Waals surface area contributed by atoms with E-state index in [1.165, 1.54) is 19.3 Å². The summed E-state index contributed by atoms with van der Waals surface area (Å²) in [4.78, 5) is 24.5. The van der Waals surface area contributed by atoms with Crippen molar-refractivity contribution in [3.8, 4) is 0 Å². The Morgan fingerprint density at radius 1 is 1.14 bits per heavy atom. The molecule has 5 nitrogen and oxygen atoms in total. The van der Waals surface area contributed by atoms with Gasteiger partial charge < -0.3 is 5.32 Å². The van der Waals surface area contributed by atoms with Gasteiger partial charge in [0.2, 0.25) is 0 Å². The molecule has 1 aromatic carbocycles. The number of nitrogens with one attached hydrogen (secondary N) is 2. The SMILES string of the molecule is C[C@H]1CCCC[C@H]1NC(=S)NN1C(=O)c2ccccc2C1=O. The van der Waals surface area contributed by atoms with Crippen molar-refractivity contribution < 1.29 is 9.59 Å². The molecule has 1 aliphatic heterocycles. The first-order valence-corrected chi connectivity index (χ1v) is 8.03. The van der Waals surface area contributed by atoms with E-state index in [1.54, 1.807) is 24.3 Å². The van der Waals surface area contributed by atoms with E-state index in [0.717, 1.165) is 11.4 Å². The number of rotatable bonds is 2. The summed E-state index contributed by atoms with van der Waals surface area (Å²) in [5, 5.41) is 4.56. The Kier molecular flexibility index (Phi) is 4.11. The average molecular weight is 317 g/mol. The quantitative estimate of drug-likeness (QED) is 0.647. The fourth-order valence-corrected chi connectivity index (χ4v) is 3.37. The van der Waals surface area contributed by atoms with Gasteiger partial charge in [-0.3, -0.25) is 15.0 Å². The van der Waals surface area contributed by atoms with Crippen LogP contribution in [-0.2, 0) is 0 Å². The van der Waals surface area contributed by atoms with Gasteiger partial charge in [0.25, 0.3) is 11.8 Å². The topological polar surface area (TPSA) is 61.4 Å². The summed E-state index contributed by atoms with van der Waals surface area (Å²) in [7, 11) is 0. The lowest BCUT2D eigenvalue weighted by Gasteiger charge is -2.31. The van der Waals surface area contributed by atoms with Crippen molar-refractivity contribution in [2.24, 2.45) is 5.92 Å². The second-order valence-electron chi connectivity index (χ2n) is 5.94. The van der Waals surface area contributed by atoms with E-state index in [-0.39, 0.29) is 11.8 Å². The van der Waals surface area contributed by atoms with Gasteiger partial charge in [-0.05, 0) is 43.1 Å². The van der Waals surface area contributed by atoms with Crippen molar-refractivity contribution in [1.29, 1.82) is 0 Å². The minimum atomic E-state index is -0.360. The number of hydrogen-bond acceptors (Lipinski definition) is 3. The normalized spacial score (nSPS) is 24.1. The van der Waals surface area contributed by atoms with E-state index in [1.807, 2.05) is 0 Å². The molecule has 0 spiro atoms. The number of thiocarbonyl (C=S) groups is 1. The smallest absolute Gasteiger partial charge is 0.280 e. The molecule has 1 aromatic rings. The molecule has 1 fully saturated rings. The van der Waals surface area contributed by atoms with Crippen molar-refractivity contribution in [1.82, 2.24) is 15.8 Å². The maximum atomic E-state index is 12.3. The Morgan fingerprint density at radius 3 is 2.32 bits per heavy atom. The molecule has 6 heteroatoms. The first-order valence-electron chi connectivity index (χ1n) is 7.63. The molecular weight excluding hydrogens is 298 g/mol. The first-order chi connectivity index (χ1) is 10.6. The van der Waals surface area contributed by atoms with Gasteiger partial charge in [-0.2, -0.15) is 5.01 Å². The van der Waals surface area contributed by atoms with Gasteiger partial charge in [0.05, 0.1) is 11.1 Å². The van der Waals surface area contributed by atoms with E-state index in [2.05, 4.69) is 17.7 Å². The molecule has 0 radical (unpaired) electrons. The number of fused-ring (bicyclic) bond motifs is 1. The predicted molar refractivity (Wildman–Crippen MR) is 87.2 cm³/mol. The minimum Gasteiger partial charge on any atom is -0.358 e. The number of carbonyl (C=O) groups excluding carboxylic acids is 2. The summed E-state index contributed by atoms with van der Waals surface area (Å²) in [5.41, 5.74) is 3.57. The molecule has 0 bridgehead atoms. The second kappa shape index (κ2) is 6.04. The molecule has 1 saturated carbocycles. The minimum absolute atomic E-state index is 0.295. The maximum absolute atomic E-state index is 12.3. The number of benzene rings is 1. The molecule has 0 aromatic heterocycles. The average Bonchev–Trinajstić information content (AvgIpc) is 2.75. The number of amides is 2. The van der Waals surface area contributed by atoms with Gasteiger partial charge in [0.15, 0.2) is 5.11 Å². The van der Waals surface area contributed by atoms with Crippen LogP contribution in [0.4, 0.5) is 0 Å². The fourth-order valence-electron chi connectivity index (χ4n) is 3.12. The molecule has 2 amide bonds. The number of hydrazine groups is 1. The number of nitrogens with zero attached hydrogens (tertiary/aromatic N) is 1. The van der Waals surface area contributed by atoms with Crippen LogP contribution in [-0.4, -0.2) is 28.0 Å². The van der Waals surface area contributed by atoms with Gasteiger partial charge in [0, 0.05) is 6.04 Å². The third kappa shape index (κ3) is 2.70. The Morgan fingerprint density at radius 2 is 1.73 bits per heavy atom. The van der Waals surface area contributed by atoms with Crippen molar-refractivity contribution in [2.75, 3.05) is 0 Å². The fraction of sp³-hybridized carbons (Fsp3) is 0.438. The van der Waals surface area contributed by atoms with E-state index in [9.17, 15) is 9.59 Å². The standard InChI is InChI=1S/C16H19N3O2S/c1-10-6-2-5-9-13(10)17-16(22)18-19-14(20)11-7-3-4-8-12(11)15(19)21/h3-4,7-8,10,13H,2,5-6,9H2,1H3,(H2,17,18,22)/t10-,13+/m0/s1. The lowest BCUT2D eigenvalue weighted by atomic mass is 9.86. The Balaban J connectivity index is 1.65. The molecule has 3 rings (SSSR count). The number of hydrogen-bond donors (Lipinski definition) is 2. The van der Waals surface area contributed by atoms with Crippen LogP contribution < -0.4 is 10.7 Å². The molecule has 1 aliphatic carbocycles. The van der Waals surface area contributed by atoms with Crippen LogP contribution in [0.1, 0.15) is 53.3 Å². The van der Waals surface area contributed by atoms with Crippen LogP contribution in [0.3, 0.4) is 0 Å². The van der Waals surface area contributed by atoms with Crippen molar-refractivity contribution in [2.45, 2.75) is 38.6 Å². The number of imide groups is 1. The maximum Gasteiger partial charge on any atom is 0.280 e. The Hall–Kier alpha value is -1.95. The second-order valence-corrected chi connectivity index (χ2v) is 6.35. The van der Waals surface area contributed by atoms with Gasteiger partial charge in [-0.15, -0.1) is 0 Å². The van der Waals surface area contributed by atoms with Crippen molar-refractivity contribution in [3.63, 3.8) is 0 Å². The van der Waals surface area contributed by atoms with Gasteiger partial charge in [-0.25, -0.2) is 0 Å². The van der Waals surface area contributed by atoms with E-state index in [0.29, 0.717) is 28.2 Å². The summed E-state index contributed by atoms with van der Waals surface area (Å²) < 4.78 is 0. The molecular formula is C16H19N3O2S. The molecule has 116 valence electrons. The summed E-state index contributed by atoms with van der Waals surface area (Å²) in [6, 6.07) is 7.08. The van der Waals surface area contributed by atoms with Crippen LogP contribution in [0.5, 0.6) is 0 Å². The van der Waals surface area contributed by atoms with E-state index in [4.69, 9.17) is 12.2 Å². The summed E-state index contributed by atoms with van der Waals surface area (Å²) in [5.74, 6) is -0.182. The van der Waals surface area contributed by atoms with Crippen LogP contribution >= 0.6 is 12.2 Å². The van der Waals surface area contributed by atoms with Gasteiger partial charge in [0.1, 0.15) is 0 Å². The summed E-state index contributed by atoms with van der Waals surface area (Å²) in [6.45, 7) is 2.20. The monoisotopic (exact) mass is 317 g/mol. The van der Waals surface area contributed by atoms with Crippen LogP contribution in [0.25, 0.3) is 0 Å². The first kappa shape index (κ1) is 15.0. The highest BCUT2D eigenvalue weighted by Crippen LogP contribution is 2.24. The largest absolute Gasteiger partial charge is 0.358 e.